The van der Waals surface area contributed by atoms with Gasteiger partial charge in [-0.1, -0.05) is 49.2 Å². The fourth-order valence-electron chi connectivity index (χ4n) is 2.86. The Bertz CT molecular complexity index is 868. The number of carbonyl (C=O) groups excluding carboxylic acids is 1. The van der Waals surface area contributed by atoms with E-state index in [1.54, 1.807) is 12.5 Å². The monoisotopic (exact) mass is 470 g/mol. The van der Waals surface area contributed by atoms with Crippen LogP contribution in [0.5, 0.6) is 11.5 Å². The molecule has 1 unspecified atom stereocenters. The van der Waals surface area contributed by atoms with Crippen molar-refractivity contribution in [3.8, 4) is 11.5 Å². The molecule has 0 saturated carbocycles. The fraction of sp³-hybridized carbons (Fsp3) is 0.348. The predicted octanol–water partition coefficient (Wildman–Crippen LogP) is 6.29. The van der Waals surface area contributed by atoms with Crippen molar-refractivity contribution in [2.45, 2.75) is 32.3 Å². The molecule has 162 valence electrons. The Hall–Kier alpha value is -1.62. The maximum atomic E-state index is 11.1. The lowest BCUT2D eigenvalue weighted by atomic mass is 9.78. The van der Waals surface area contributed by atoms with E-state index >= 15 is 0 Å². The summed E-state index contributed by atoms with van der Waals surface area (Å²) in [4.78, 5) is 11.1. The minimum Gasteiger partial charge on any atom is -0.492 e. The third-order valence-corrected chi connectivity index (χ3v) is 5.53. The van der Waals surface area contributed by atoms with E-state index in [4.69, 9.17) is 49.0 Å². The molecular formula is C23H25Cl3O4. The Labute approximate surface area is 193 Å². The molecule has 0 saturated heterocycles. The van der Waals surface area contributed by atoms with Crippen molar-refractivity contribution >= 4 is 40.8 Å². The standard InChI is InChI=1S/C23H25Cl3O4/c1-5-10-28-21-8-6-16(11-19(21)25)23(3,4)17-7-9-22(20(26)12-17)29-14-18(13-24)30-15(2)27/h5-9,11-12,18H,1,10,13-14H2,2-4H3. The molecule has 0 aliphatic heterocycles. The summed E-state index contributed by atoms with van der Waals surface area (Å²) in [6.45, 7) is 9.64. The van der Waals surface area contributed by atoms with Gasteiger partial charge in [-0.25, -0.2) is 0 Å². The van der Waals surface area contributed by atoms with Crippen molar-refractivity contribution < 1.29 is 19.0 Å². The second kappa shape index (κ2) is 11.1. The van der Waals surface area contributed by atoms with Crippen molar-refractivity contribution in [1.82, 2.24) is 0 Å². The Kier molecular flexibility index (Phi) is 9.14. The number of alkyl halides is 1. The molecule has 2 aromatic carbocycles. The first kappa shape index (κ1) is 24.6. The summed E-state index contributed by atoms with van der Waals surface area (Å²) in [7, 11) is 0. The molecule has 0 heterocycles. The lowest BCUT2D eigenvalue weighted by Gasteiger charge is -2.27. The van der Waals surface area contributed by atoms with E-state index in [0.717, 1.165) is 11.1 Å². The average Bonchev–Trinajstić information content (AvgIpc) is 2.70. The van der Waals surface area contributed by atoms with Gasteiger partial charge in [0.05, 0.1) is 22.5 Å². The summed E-state index contributed by atoms with van der Waals surface area (Å²) in [5.41, 5.74) is 1.64. The molecule has 2 rings (SSSR count). The highest BCUT2D eigenvalue weighted by atomic mass is 35.5. The van der Waals surface area contributed by atoms with Gasteiger partial charge in [0.2, 0.25) is 0 Å². The van der Waals surface area contributed by atoms with Crippen molar-refractivity contribution in [3.05, 3.63) is 70.9 Å². The molecule has 2 radical (unpaired) electrons. The van der Waals surface area contributed by atoms with Crippen molar-refractivity contribution in [1.29, 1.82) is 0 Å². The Morgan fingerprint density at radius 2 is 1.60 bits per heavy atom. The second-order valence-electron chi connectivity index (χ2n) is 7.21. The first-order chi connectivity index (χ1) is 14.2. The van der Waals surface area contributed by atoms with Gasteiger partial charge in [-0.3, -0.25) is 4.79 Å². The lowest BCUT2D eigenvalue weighted by Crippen LogP contribution is -2.25. The van der Waals surface area contributed by atoms with Crippen LogP contribution in [0.25, 0.3) is 0 Å². The van der Waals surface area contributed by atoms with E-state index in [0.29, 0.717) is 28.2 Å². The minimum absolute atomic E-state index is 0.118. The van der Waals surface area contributed by atoms with Crippen molar-refractivity contribution in [2.75, 3.05) is 19.1 Å². The van der Waals surface area contributed by atoms with Gasteiger partial charge in [0.15, 0.2) is 0 Å². The third kappa shape index (κ3) is 6.44. The smallest absolute Gasteiger partial charge is 0.303 e. The zero-order valence-electron chi connectivity index (χ0n) is 17.2. The number of halogens is 3. The van der Waals surface area contributed by atoms with Gasteiger partial charge in [0.25, 0.3) is 0 Å². The van der Waals surface area contributed by atoms with Gasteiger partial charge in [0, 0.05) is 12.3 Å². The molecule has 2 aromatic rings. The second-order valence-corrected chi connectivity index (χ2v) is 8.33. The van der Waals surface area contributed by atoms with E-state index < -0.39 is 12.1 Å². The maximum absolute atomic E-state index is 11.1. The molecule has 0 aliphatic carbocycles. The van der Waals surface area contributed by atoms with Gasteiger partial charge in [-0.15, -0.1) is 11.6 Å². The van der Waals surface area contributed by atoms with Crippen molar-refractivity contribution in [3.63, 3.8) is 0 Å². The Balaban J connectivity index is 2.17. The van der Waals surface area contributed by atoms with E-state index in [9.17, 15) is 4.79 Å². The minimum atomic E-state index is -0.541. The van der Waals surface area contributed by atoms with Gasteiger partial charge in [0.1, 0.15) is 24.2 Å². The molecule has 4 nitrogen and oxygen atoms in total. The molecule has 0 aromatic heterocycles. The molecule has 0 amide bonds. The zero-order valence-corrected chi connectivity index (χ0v) is 19.5. The summed E-state index contributed by atoms with van der Waals surface area (Å²) in [5, 5.41) is 0.986. The van der Waals surface area contributed by atoms with Crippen LogP contribution in [-0.2, 0) is 14.9 Å². The summed E-state index contributed by atoms with van der Waals surface area (Å²) in [5.74, 6) is 0.825. The quantitative estimate of drug-likeness (QED) is 0.302. The largest absolute Gasteiger partial charge is 0.492 e. The first-order valence-corrected chi connectivity index (χ1v) is 10.7. The van der Waals surface area contributed by atoms with E-state index in [-0.39, 0.29) is 17.9 Å². The molecular weight excluding hydrogens is 447 g/mol. The van der Waals surface area contributed by atoms with Crippen LogP contribution < -0.4 is 9.47 Å². The van der Waals surface area contributed by atoms with Crippen LogP contribution in [0.4, 0.5) is 0 Å². The maximum Gasteiger partial charge on any atom is 0.303 e. The van der Waals surface area contributed by atoms with Gasteiger partial charge >= 0.3 is 5.97 Å². The molecule has 1 atom stereocenters. The highest BCUT2D eigenvalue weighted by Crippen LogP contribution is 2.38. The van der Waals surface area contributed by atoms with Crippen LogP contribution in [0.2, 0.25) is 10.0 Å². The number of hydrogen-bond acceptors (Lipinski definition) is 4. The highest BCUT2D eigenvalue weighted by molar-refractivity contribution is 6.32. The highest BCUT2D eigenvalue weighted by Gasteiger charge is 2.25. The molecule has 0 aliphatic rings. The van der Waals surface area contributed by atoms with E-state index in [1.807, 2.05) is 30.3 Å². The SMILES string of the molecule is [CH2][CH]COc1ccc(C(C)(C)c2ccc(OCC(CCl)OC(C)=O)c(Cl)c2)cc1Cl. The Morgan fingerprint density at radius 1 is 1.07 bits per heavy atom. The number of ether oxygens (including phenoxy) is 3. The van der Waals surface area contributed by atoms with E-state index in [2.05, 4.69) is 20.8 Å². The molecule has 7 heteroatoms. The number of rotatable bonds is 10. The van der Waals surface area contributed by atoms with Crippen molar-refractivity contribution in [2.24, 2.45) is 0 Å². The van der Waals surface area contributed by atoms with Crippen LogP contribution in [0, 0.1) is 13.3 Å². The zero-order chi connectivity index (χ0) is 22.3. The summed E-state index contributed by atoms with van der Waals surface area (Å²) in [6.07, 6.45) is 1.13. The fourth-order valence-corrected chi connectivity index (χ4v) is 3.48. The lowest BCUT2D eigenvalue weighted by molar-refractivity contribution is -0.146. The molecule has 0 N–H and O–H groups in total. The Morgan fingerprint density at radius 3 is 2.03 bits per heavy atom. The normalized spacial score (nSPS) is 12.4. The number of carbonyl (C=O) groups is 1. The molecule has 0 fully saturated rings. The molecule has 0 bridgehead atoms. The van der Waals surface area contributed by atoms with Gasteiger partial charge < -0.3 is 14.2 Å². The number of esters is 1. The molecule has 0 spiro atoms. The molecule has 30 heavy (non-hydrogen) atoms. The van der Waals surface area contributed by atoms with Crippen LogP contribution >= 0.6 is 34.8 Å². The van der Waals surface area contributed by atoms with E-state index in [1.165, 1.54) is 6.92 Å². The van der Waals surface area contributed by atoms with Crippen LogP contribution in [0.1, 0.15) is 31.9 Å². The van der Waals surface area contributed by atoms with Crippen LogP contribution in [-0.4, -0.2) is 31.2 Å². The number of benzene rings is 2. The van der Waals surface area contributed by atoms with Crippen LogP contribution in [0.3, 0.4) is 0 Å². The average molecular weight is 472 g/mol. The van der Waals surface area contributed by atoms with Gasteiger partial charge in [-0.2, -0.15) is 0 Å². The first-order valence-electron chi connectivity index (χ1n) is 9.38. The summed E-state index contributed by atoms with van der Waals surface area (Å²) in [6, 6.07) is 11.3. The predicted molar refractivity (Wildman–Crippen MR) is 122 cm³/mol. The van der Waals surface area contributed by atoms with Crippen LogP contribution in [0.15, 0.2) is 36.4 Å². The van der Waals surface area contributed by atoms with Gasteiger partial charge in [-0.05, 0) is 48.7 Å². The topological polar surface area (TPSA) is 44.8 Å². The number of hydrogen-bond donors (Lipinski definition) is 0. The summed E-state index contributed by atoms with van der Waals surface area (Å²) >= 11 is 18.6. The third-order valence-electron chi connectivity index (χ3n) is 4.59. The summed E-state index contributed by atoms with van der Waals surface area (Å²) < 4.78 is 16.3.